The minimum atomic E-state index is 0.00567. The van der Waals surface area contributed by atoms with Gasteiger partial charge in [-0.15, -0.1) is 0 Å². The van der Waals surface area contributed by atoms with Crippen molar-refractivity contribution < 1.29 is 4.79 Å². The molecule has 1 aliphatic rings. The fourth-order valence-electron chi connectivity index (χ4n) is 1.85. The Labute approximate surface area is 120 Å². The molecule has 0 radical (unpaired) electrons. The number of piperazine rings is 1. The predicted octanol–water partition coefficient (Wildman–Crippen LogP) is 1.95. The van der Waals surface area contributed by atoms with Crippen molar-refractivity contribution in [3.63, 3.8) is 0 Å². The number of halogens is 2. The van der Waals surface area contributed by atoms with Crippen LogP contribution in [0.25, 0.3) is 0 Å². The molecule has 1 saturated heterocycles. The van der Waals surface area contributed by atoms with Gasteiger partial charge in [-0.1, -0.05) is 11.6 Å². The van der Waals surface area contributed by atoms with E-state index in [1.54, 1.807) is 18.2 Å². The van der Waals surface area contributed by atoms with Crippen LogP contribution in [0.3, 0.4) is 0 Å². The lowest BCUT2D eigenvalue weighted by Gasteiger charge is -2.26. The predicted molar refractivity (Wildman–Crippen MR) is 77.1 cm³/mol. The van der Waals surface area contributed by atoms with E-state index in [0.717, 1.165) is 36.3 Å². The molecule has 0 aliphatic carbocycles. The van der Waals surface area contributed by atoms with Crippen molar-refractivity contribution in [2.45, 2.75) is 0 Å². The fourth-order valence-corrected chi connectivity index (χ4v) is 2.34. The van der Waals surface area contributed by atoms with E-state index in [2.05, 4.69) is 31.5 Å². The van der Waals surface area contributed by atoms with E-state index in [-0.39, 0.29) is 5.91 Å². The summed E-state index contributed by atoms with van der Waals surface area (Å²) in [6, 6.07) is 5.35. The zero-order valence-electron chi connectivity index (χ0n) is 9.88. The normalized spacial score (nSPS) is 16.6. The lowest BCUT2D eigenvalue weighted by atomic mass is 10.3. The monoisotopic (exact) mass is 331 g/mol. The molecule has 2 rings (SSSR count). The Balaban J connectivity index is 1.88. The van der Waals surface area contributed by atoms with Gasteiger partial charge >= 0.3 is 0 Å². The molecule has 1 aliphatic heterocycles. The van der Waals surface area contributed by atoms with Gasteiger partial charge in [-0.2, -0.15) is 0 Å². The summed E-state index contributed by atoms with van der Waals surface area (Å²) in [5.74, 6) is 0.00567. The lowest BCUT2D eigenvalue weighted by molar-refractivity contribution is -0.117. The number of hydrogen-bond acceptors (Lipinski definition) is 3. The van der Waals surface area contributed by atoms with Crippen molar-refractivity contribution in [1.29, 1.82) is 0 Å². The van der Waals surface area contributed by atoms with Crippen LogP contribution >= 0.6 is 27.5 Å². The van der Waals surface area contributed by atoms with Crippen molar-refractivity contribution >= 4 is 39.1 Å². The SMILES string of the molecule is O=C(CN1CCNCC1)Nc1ccc(Cl)c(Br)c1. The number of benzene rings is 1. The quantitative estimate of drug-likeness (QED) is 0.889. The van der Waals surface area contributed by atoms with Gasteiger partial charge in [0, 0.05) is 36.3 Å². The molecule has 0 aromatic heterocycles. The van der Waals surface area contributed by atoms with Crippen molar-refractivity contribution in [2.75, 3.05) is 38.0 Å². The van der Waals surface area contributed by atoms with Crippen LogP contribution in [0.15, 0.2) is 22.7 Å². The maximum absolute atomic E-state index is 11.9. The molecule has 6 heteroatoms. The molecule has 0 bridgehead atoms. The van der Waals surface area contributed by atoms with Gasteiger partial charge in [0.05, 0.1) is 11.6 Å². The van der Waals surface area contributed by atoms with Gasteiger partial charge in [0.2, 0.25) is 5.91 Å². The van der Waals surface area contributed by atoms with E-state index < -0.39 is 0 Å². The van der Waals surface area contributed by atoms with Crippen LogP contribution in [0.2, 0.25) is 5.02 Å². The standard InChI is InChI=1S/C12H15BrClN3O/c13-10-7-9(1-2-11(10)14)16-12(18)8-17-5-3-15-4-6-17/h1-2,7,15H,3-6,8H2,(H,16,18). The molecule has 1 fully saturated rings. The molecular formula is C12H15BrClN3O. The number of carbonyl (C=O) groups excluding carboxylic acids is 1. The fraction of sp³-hybridized carbons (Fsp3) is 0.417. The molecule has 1 aromatic rings. The molecule has 2 N–H and O–H groups in total. The van der Waals surface area contributed by atoms with Crippen LogP contribution in [0, 0.1) is 0 Å². The van der Waals surface area contributed by atoms with Gasteiger partial charge in [0.15, 0.2) is 0 Å². The Morgan fingerprint density at radius 2 is 2.17 bits per heavy atom. The Morgan fingerprint density at radius 1 is 1.44 bits per heavy atom. The van der Waals surface area contributed by atoms with Crippen molar-refractivity contribution in [3.8, 4) is 0 Å². The molecule has 1 heterocycles. The van der Waals surface area contributed by atoms with Crippen LogP contribution in [0.4, 0.5) is 5.69 Å². The minimum absolute atomic E-state index is 0.00567. The maximum atomic E-state index is 11.9. The summed E-state index contributed by atoms with van der Waals surface area (Å²) in [6.45, 7) is 4.15. The number of nitrogens with zero attached hydrogens (tertiary/aromatic N) is 1. The van der Waals surface area contributed by atoms with Crippen LogP contribution in [-0.2, 0) is 4.79 Å². The zero-order valence-corrected chi connectivity index (χ0v) is 12.2. The van der Waals surface area contributed by atoms with Gasteiger partial charge in [-0.3, -0.25) is 9.69 Å². The van der Waals surface area contributed by atoms with Gasteiger partial charge in [0.25, 0.3) is 0 Å². The van der Waals surface area contributed by atoms with E-state index in [0.29, 0.717) is 11.6 Å². The number of rotatable bonds is 3. The molecule has 18 heavy (non-hydrogen) atoms. The van der Waals surface area contributed by atoms with E-state index in [1.807, 2.05) is 0 Å². The maximum Gasteiger partial charge on any atom is 0.238 e. The van der Waals surface area contributed by atoms with Crippen molar-refractivity contribution in [2.24, 2.45) is 0 Å². The molecule has 1 aromatic carbocycles. The largest absolute Gasteiger partial charge is 0.325 e. The highest BCUT2D eigenvalue weighted by molar-refractivity contribution is 9.10. The number of anilines is 1. The van der Waals surface area contributed by atoms with Crippen LogP contribution in [0.1, 0.15) is 0 Å². The summed E-state index contributed by atoms with van der Waals surface area (Å²) in [7, 11) is 0. The molecule has 98 valence electrons. The van der Waals surface area contributed by atoms with Crippen LogP contribution in [-0.4, -0.2) is 43.5 Å². The zero-order chi connectivity index (χ0) is 13.0. The molecule has 1 amide bonds. The first-order valence-electron chi connectivity index (χ1n) is 5.83. The van der Waals surface area contributed by atoms with Crippen LogP contribution < -0.4 is 10.6 Å². The molecule has 0 unspecified atom stereocenters. The highest BCUT2D eigenvalue weighted by atomic mass is 79.9. The lowest BCUT2D eigenvalue weighted by Crippen LogP contribution is -2.46. The smallest absolute Gasteiger partial charge is 0.238 e. The Hall–Kier alpha value is -0.620. The van der Waals surface area contributed by atoms with Gasteiger partial charge in [-0.25, -0.2) is 0 Å². The Kier molecular flexibility index (Phi) is 5.00. The third-order valence-electron chi connectivity index (χ3n) is 2.78. The van der Waals surface area contributed by atoms with Gasteiger partial charge in [-0.05, 0) is 34.1 Å². The number of carbonyl (C=O) groups is 1. The number of hydrogen-bond donors (Lipinski definition) is 2. The second kappa shape index (κ2) is 6.52. The summed E-state index contributed by atoms with van der Waals surface area (Å²) >= 11 is 9.23. The molecule has 0 atom stereocenters. The van der Waals surface area contributed by atoms with E-state index >= 15 is 0 Å². The minimum Gasteiger partial charge on any atom is -0.325 e. The van der Waals surface area contributed by atoms with Crippen molar-refractivity contribution in [1.82, 2.24) is 10.2 Å². The van der Waals surface area contributed by atoms with Gasteiger partial charge in [0.1, 0.15) is 0 Å². The second-order valence-electron chi connectivity index (χ2n) is 4.20. The highest BCUT2D eigenvalue weighted by Crippen LogP contribution is 2.25. The first-order chi connectivity index (χ1) is 8.65. The third-order valence-corrected chi connectivity index (χ3v) is 3.99. The summed E-state index contributed by atoms with van der Waals surface area (Å²) in [5.41, 5.74) is 0.756. The summed E-state index contributed by atoms with van der Waals surface area (Å²) in [5, 5.41) is 6.76. The van der Waals surface area contributed by atoms with E-state index in [9.17, 15) is 4.79 Å². The summed E-state index contributed by atoms with van der Waals surface area (Å²) in [4.78, 5) is 14.0. The molecular weight excluding hydrogens is 318 g/mol. The summed E-state index contributed by atoms with van der Waals surface area (Å²) < 4.78 is 0.782. The van der Waals surface area contributed by atoms with Crippen molar-refractivity contribution in [3.05, 3.63) is 27.7 Å². The molecule has 4 nitrogen and oxygen atoms in total. The van der Waals surface area contributed by atoms with E-state index in [4.69, 9.17) is 11.6 Å². The molecule has 0 saturated carbocycles. The average Bonchev–Trinajstić information content (AvgIpc) is 2.35. The topological polar surface area (TPSA) is 44.4 Å². The number of amides is 1. The third kappa shape index (κ3) is 3.95. The Morgan fingerprint density at radius 3 is 2.83 bits per heavy atom. The molecule has 0 spiro atoms. The highest BCUT2D eigenvalue weighted by Gasteiger charge is 2.13. The van der Waals surface area contributed by atoms with E-state index in [1.165, 1.54) is 0 Å². The number of nitrogens with one attached hydrogen (secondary N) is 2. The Bertz CT molecular complexity index is 435. The first kappa shape index (κ1) is 13.8. The summed E-state index contributed by atoms with van der Waals surface area (Å²) in [6.07, 6.45) is 0. The van der Waals surface area contributed by atoms with Crippen LogP contribution in [0.5, 0.6) is 0 Å². The second-order valence-corrected chi connectivity index (χ2v) is 5.46. The first-order valence-corrected chi connectivity index (χ1v) is 7.00. The average molecular weight is 333 g/mol. The van der Waals surface area contributed by atoms with Gasteiger partial charge < -0.3 is 10.6 Å².